The lowest BCUT2D eigenvalue weighted by Gasteiger charge is -2.24. The van der Waals surface area contributed by atoms with Gasteiger partial charge in [-0.15, -0.1) is 0 Å². The molecule has 1 rings (SSSR count). The van der Waals surface area contributed by atoms with Crippen molar-refractivity contribution in [2.45, 2.75) is 38.2 Å². The van der Waals surface area contributed by atoms with Crippen molar-refractivity contribution in [3.8, 4) is 0 Å². The Bertz CT molecular complexity index is 276. The smallest absolute Gasteiger partial charge is 0.434 e. The van der Waals surface area contributed by atoms with Gasteiger partial charge in [0.05, 0.1) is 0 Å². The second-order valence-corrected chi connectivity index (χ2v) is 3.56. The zero-order valence-corrected chi connectivity index (χ0v) is 8.81. The van der Waals surface area contributed by atoms with Crippen LogP contribution in [0.1, 0.15) is 32.1 Å². The largest absolute Gasteiger partial charge is 0.464 e. The molecular formula is C9H15N3O4. The lowest BCUT2D eigenvalue weighted by Crippen LogP contribution is -2.45. The van der Waals surface area contributed by atoms with E-state index in [-0.39, 0.29) is 6.10 Å². The summed E-state index contributed by atoms with van der Waals surface area (Å²) in [5.74, 6) is 0. The van der Waals surface area contributed by atoms with Gasteiger partial charge in [-0.25, -0.2) is 15.0 Å². The average molecular weight is 229 g/mol. The first-order chi connectivity index (χ1) is 7.63. The van der Waals surface area contributed by atoms with Crippen LogP contribution in [0, 0.1) is 5.41 Å². The summed E-state index contributed by atoms with van der Waals surface area (Å²) in [6, 6.07) is 0. The first kappa shape index (κ1) is 12.3. The van der Waals surface area contributed by atoms with Gasteiger partial charge >= 0.3 is 12.2 Å². The molecule has 1 saturated carbocycles. The number of carbonyl (C=O) groups is 2. The second-order valence-electron chi connectivity index (χ2n) is 3.56. The van der Waals surface area contributed by atoms with Crippen LogP contribution in [0.2, 0.25) is 0 Å². The fraction of sp³-hybridized carbons (Fsp3) is 0.667. The lowest BCUT2D eigenvalue weighted by molar-refractivity contribution is 0.0514. The molecule has 2 amide bonds. The molecule has 16 heavy (non-hydrogen) atoms. The standard InChI is InChI=1S/C9H15N3O4/c10-6-12(11-8(13)14)9(15)16-7-4-2-1-3-5-7/h6-7,10-11H,1-5H2,(H,13,14). The summed E-state index contributed by atoms with van der Waals surface area (Å²) in [6.45, 7) is 0. The highest BCUT2D eigenvalue weighted by Gasteiger charge is 2.22. The molecule has 7 heteroatoms. The van der Waals surface area contributed by atoms with Gasteiger partial charge in [-0.1, -0.05) is 6.42 Å². The van der Waals surface area contributed by atoms with Crippen LogP contribution in [0.15, 0.2) is 0 Å². The van der Waals surface area contributed by atoms with E-state index >= 15 is 0 Å². The Balaban J connectivity index is 2.41. The fourth-order valence-electron chi connectivity index (χ4n) is 1.62. The summed E-state index contributed by atoms with van der Waals surface area (Å²) in [7, 11) is 0. The third kappa shape index (κ3) is 3.76. The summed E-state index contributed by atoms with van der Waals surface area (Å²) in [4.78, 5) is 21.7. The molecular weight excluding hydrogens is 214 g/mol. The van der Waals surface area contributed by atoms with Crippen LogP contribution in [0.4, 0.5) is 9.59 Å². The van der Waals surface area contributed by atoms with Gasteiger partial charge in [0, 0.05) is 0 Å². The lowest BCUT2D eigenvalue weighted by atomic mass is 9.98. The predicted molar refractivity (Wildman–Crippen MR) is 55.1 cm³/mol. The topological polar surface area (TPSA) is 103 Å². The number of ether oxygens (including phenoxy) is 1. The maximum absolute atomic E-state index is 11.4. The summed E-state index contributed by atoms with van der Waals surface area (Å²) < 4.78 is 5.06. The Kier molecular flexibility index (Phi) is 4.56. The minimum atomic E-state index is -1.41. The molecule has 0 aromatic carbocycles. The summed E-state index contributed by atoms with van der Waals surface area (Å²) in [6.07, 6.45) is 2.88. The Morgan fingerprint density at radius 3 is 2.50 bits per heavy atom. The number of rotatable bonds is 2. The molecule has 0 unspecified atom stereocenters. The van der Waals surface area contributed by atoms with E-state index in [1.807, 2.05) is 0 Å². The van der Waals surface area contributed by atoms with Crippen molar-refractivity contribution in [1.29, 1.82) is 5.41 Å². The molecule has 0 heterocycles. The normalized spacial score (nSPS) is 16.2. The highest BCUT2D eigenvalue weighted by Crippen LogP contribution is 2.20. The summed E-state index contributed by atoms with van der Waals surface area (Å²) >= 11 is 0. The summed E-state index contributed by atoms with van der Waals surface area (Å²) in [5, 5.41) is 15.8. The zero-order valence-electron chi connectivity index (χ0n) is 8.81. The number of nitrogens with one attached hydrogen (secondary N) is 2. The number of carboxylic acid groups (broad SMARTS) is 1. The van der Waals surface area contributed by atoms with Gasteiger partial charge in [0.15, 0.2) is 0 Å². The molecule has 3 N–H and O–H groups in total. The van der Waals surface area contributed by atoms with Gasteiger partial charge in [0.1, 0.15) is 12.4 Å². The van der Waals surface area contributed by atoms with Crippen LogP contribution >= 0.6 is 0 Å². The maximum Gasteiger partial charge on any atom is 0.434 e. The van der Waals surface area contributed by atoms with Crippen molar-refractivity contribution >= 4 is 18.5 Å². The van der Waals surface area contributed by atoms with Gasteiger partial charge in [-0.3, -0.25) is 5.41 Å². The van der Waals surface area contributed by atoms with E-state index in [4.69, 9.17) is 15.3 Å². The van der Waals surface area contributed by atoms with Crippen LogP contribution in [0.25, 0.3) is 0 Å². The van der Waals surface area contributed by atoms with E-state index in [1.165, 1.54) is 0 Å². The minimum absolute atomic E-state index is 0.167. The van der Waals surface area contributed by atoms with Crippen molar-refractivity contribution in [2.24, 2.45) is 0 Å². The molecule has 0 aromatic rings. The number of nitrogens with zero attached hydrogens (tertiary/aromatic N) is 1. The first-order valence-corrected chi connectivity index (χ1v) is 5.13. The summed E-state index contributed by atoms with van der Waals surface area (Å²) in [5.41, 5.74) is 1.75. The third-order valence-electron chi connectivity index (χ3n) is 2.36. The van der Waals surface area contributed by atoms with E-state index in [0.29, 0.717) is 11.3 Å². The van der Waals surface area contributed by atoms with Crippen LogP contribution in [-0.2, 0) is 4.74 Å². The van der Waals surface area contributed by atoms with Crippen LogP contribution in [0.3, 0.4) is 0 Å². The monoisotopic (exact) mass is 229 g/mol. The van der Waals surface area contributed by atoms with Gasteiger partial charge < -0.3 is 9.84 Å². The van der Waals surface area contributed by atoms with Crippen molar-refractivity contribution in [1.82, 2.24) is 10.4 Å². The molecule has 0 aromatic heterocycles. The highest BCUT2D eigenvalue weighted by molar-refractivity contribution is 5.83. The predicted octanol–water partition coefficient (Wildman–Crippen LogP) is 1.55. The molecule has 90 valence electrons. The van der Waals surface area contributed by atoms with Gasteiger partial charge in [-0.05, 0) is 25.7 Å². The molecule has 1 aliphatic carbocycles. The zero-order chi connectivity index (χ0) is 12.0. The second kappa shape index (κ2) is 5.94. The van der Waals surface area contributed by atoms with Crippen molar-refractivity contribution in [3.63, 3.8) is 0 Å². The first-order valence-electron chi connectivity index (χ1n) is 5.13. The molecule has 0 atom stereocenters. The van der Waals surface area contributed by atoms with E-state index in [2.05, 4.69) is 0 Å². The van der Waals surface area contributed by atoms with Crippen LogP contribution in [-0.4, -0.2) is 34.7 Å². The van der Waals surface area contributed by atoms with Gasteiger partial charge in [-0.2, -0.15) is 5.01 Å². The number of hydrogen-bond acceptors (Lipinski definition) is 4. The highest BCUT2D eigenvalue weighted by atomic mass is 16.6. The maximum atomic E-state index is 11.4. The molecule has 0 spiro atoms. The van der Waals surface area contributed by atoms with Crippen molar-refractivity contribution in [3.05, 3.63) is 0 Å². The number of hydrogen-bond donors (Lipinski definition) is 3. The van der Waals surface area contributed by atoms with Crippen LogP contribution < -0.4 is 5.43 Å². The molecule has 1 fully saturated rings. The average Bonchev–Trinajstić information content (AvgIpc) is 2.26. The van der Waals surface area contributed by atoms with E-state index in [0.717, 1.165) is 32.1 Å². The van der Waals surface area contributed by atoms with Crippen molar-refractivity contribution < 1.29 is 19.4 Å². The van der Waals surface area contributed by atoms with Gasteiger partial charge in [0.25, 0.3) is 0 Å². The Labute approximate surface area is 92.8 Å². The van der Waals surface area contributed by atoms with Gasteiger partial charge in [0.2, 0.25) is 0 Å². The Hall–Kier alpha value is -1.79. The Morgan fingerprint density at radius 1 is 1.38 bits per heavy atom. The molecule has 0 radical (unpaired) electrons. The minimum Gasteiger partial charge on any atom is -0.464 e. The fourth-order valence-corrected chi connectivity index (χ4v) is 1.62. The quantitative estimate of drug-likeness (QED) is 0.379. The molecule has 0 aliphatic heterocycles. The number of carbonyl (C=O) groups excluding carboxylic acids is 1. The van der Waals surface area contributed by atoms with E-state index in [9.17, 15) is 9.59 Å². The Morgan fingerprint density at radius 2 is 2.00 bits per heavy atom. The SMILES string of the molecule is N=CN(NC(=O)O)C(=O)OC1CCCCC1. The third-order valence-corrected chi connectivity index (χ3v) is 2.36. The van der Waals surface area contributed by atoms with Crippen LogP contribution in [0.5, 0.6) is 0 Å². The number of amides is 2. The molecule has 1 aliphatic rings. The van der Waals surface area contributed by atoms with Crippen molar-refractivity contribution in [2.75, 3.05) is 0 Å². The van der Waals surface area contributed by atoms with E-state index < -0.39 is 12.2 Å². The molecule has 0 saturated heterocycles. The molecule has 7 nitrogen and oxygen atoms in total. The van der Waals surface area contributed by atoms with E-state index in [1.54, 1.807) is 5.43 Å². The molecule has 0 bridgehead atoms. The number of hydrazine groups is 1.